The standard InChI is InChI=1S/C22H28N2O4S/c1-28-21-14-6-5-13-20(21)23-22(25)19-12-7-15-24(17-19)29(26,27)16-8-11-18-9-3-2-4-10-18/h2-6,9-10,13-14,19H,7-8,11-12,15-17H2,1H3,(H,23,25)/t19-/m1/s1. The molecule has 0 radical (unpaired) electrons. The molecule has 1 N–H and O–H groups in total. The number of carbonyl (C=O) groups excluding carboxylic acids is 1. The van der Waals surface area contributed by atoms with Gasteiger partial charge in [0.25, 0.3) is 0 Å². The molecule has 0 spiro atoms. The number of amides is 1. The summed E-state index contributed by atoms with van der Waals surface area (Å²) in [5, 5.41) is 2.88. The fourth-order valence-corrected chi connectivity index (χ4v) is 5.21. The second-order valence-electron chi connectivity index (χ2n) is 7.29. The van der Waals surface area contributed by atoms with Crippen molar-refractivity contribution in [3.8, 4) is 5.75 Å². The highest BCUT2D eigenvalue weighted by molar-refractivity contribution is 7.89. The lowest BCUT2D eigenvalue weighted by molar-refractivity contribution is -0.120. The Morgan fingerprint density at radius 2 is 1.86 bits per heavy atom. The lowest BCUT2D eigenvalue weighted by atomic mass is 9.98. The number of methoxy groups -OCH3 is 1. The molecule has 2 aromatic rings. The number of rotatable bonds is 8. The lowest BCUT2D eigenvalue weighted by Crippen LogP contribution is -2.44. The van der Waals surface area contributed by atoms with Gasteiger partial charge in [-0.3, -0.25) is 4.79 Å². The topological polar surface area (TPSA) is 75.7 Å². The molecule has 0 aromatic heterocycles. The molecule has 0 bridgehead atoms. The Balaban J connectivity index is 1.56. The van der Waals surface area contributed by atoms with Crippen molar-refractivity contribution in [3.63, 3.8) is 0 Å². The first-order chi connectivity index (χ1) is 14.0. The molecule has 3 rings (SSSR count). The van der Waals surface area contributed by atoms with Crippen LogP contribution in [0.25, 0.3) is 0 Å². The zero-order valence-corrected chi connectivity index (χ0v) is 17.5. The first-order valence-corrected chi connectivity index (χ1v) is 11.6. The van der Waals surface area contributed by atoms with Crippen LogP contribution in [0.1, 0.15) is 24.8 Å². The smallest absolute Gasteiger partial charge is 0.228 e. The molecule has 1 aliphatic heterocycles. The fraction of sp³-hybridized carbons (Fsp3) is 0.409. The van der Waals surface area contributed by atoms with E-state index in [1.165, 1.54) is 4.31 Å². The Kier molecular flexibility index (Phi) is 7.28. The highest BCUT2D eigenvalue weighted by Crippen LogP contribution is 2.26. The van der Waals surface area contributed by atoms with E-state index in [2.05, 4.69) is 5.32 Å². The molecule has 1 saturated heterocycles. The Morgan fingerprint density at radius 1 is 1.14 bits per heavy atom. The van der Waals surface area contributed by atoms with Crippen LogP contribution < -0.4 is 10.1 Å². The van der Waals surface area contributed by atoms with Crippen molar-refractivity contribution in [3.05, 3.63) is 60.2 Å². The summed E-state index contributed by atoms with van der Waals surface area (Å²) in [6, 6.07) is 17.1. The van der Waals surface area contributed by atoms with Crippen LogP contribution in [0.2, 0.25) is 0 Å². The first kappa shape index (κ1) is 21.3. The molecule has 7 heteroatoms. The number of para-hydroxylation sites is 2. The number of nitrogens with one attached hydrogen (secondary N) is 1. The molecule has 1 aliphatic rings. The monoisotopic (exact) mass is 416 g/mol. The van der Waals surface area contributed by atoms with Gasteiger partial charge in [0.2, 0.25) is 15.9 Å². The molecule has 6 nitrogen and oxygen atoms in total. The maximum atomic E-state index is 12.8. The van der Waals surface area contributed by atoms with E-state index in [1.807, 2.05) is 42.5 Å². The Bertz CT molecular complexity index is 915. The number of anilines is 1. The molecular weight excluding hydrogens is 388 g/mol. The van der Waals surface area contributed by atoms with Crippen LogP contribution in [-0.2, 0) is 21.2 Å². The lowest BCUT2D eigenvalue weighted by Gasteiger charge is -2.31. The zero-order chi connectivity index (χ0) is 20.7. The average Bonchev–Trinajstić information content (AvgIpc) is 2.75. The normalized spacial score (nSPS) is 17.6. The quantitative estimate of drug-likeness (QED) is 0.716. The van der Waals surface area contributed by atoms with E-state index in [9.17, 15) is 13.2 Å². The molecule has 156 valence electrons. The fourth-order valence-electron chi connectivity index (χ4n) is 3.62. The highest BCUT2D eigenvalue weighted by atomic mass is 32.2. The molecular formula is C22H28N2O4S. The minimum Gasteiger partial charge on any atom is -0.495 e. The van der Waals surface area contributed by atoms with E-state index < -0.39 is 10.0 Å². The summed E-state index contributed by atoms with van der Waals surface area (Å²) in [7, 11) is -1.83. The van der Waals surface area contributed by atoms with Crippen molar-refractivity contribution in [2.45, 2.75) is 25.7 Å². The number of nitrogens with zero attached hydrogens (tertiary/aromatic N) is 1. The van der Waals surface area contributed by atoms with Crippen LogP contribution in [0, 0.1) is 5.92 Å². The number of benzene rings is 2. The number of hydrogen-bond acceptors (Lipinski definition) is 4. The van der Waals surface area contributed by atoms with E-state index in [0.717, 1.165) is 12.0 Å². The van der Waals surface area contributed by atoms with Crippen LogP contribution in [0.15, 0.2) is 54.6 Å². The van der Waals surface area contributed by atoms with Gasteiger partial charge in [-0.05, 0) is 43.4 Å². The van der Waals surface area contributed by atoms with Gasteiger partial charge < -0.3 is 10.1 Å². The second kappa shape index (κ2) is 9.89. The summed E-state index contributed by atoms with van der Waals surface area (Å²) < 4.78 is 32.3. The van der Waals surface area contributed by atoms with E-state index in [-0.39, 0.29) is 24.1 Å². The van der Waals surface area contributed by atoms with Gasteiger partial charge in [0.05, 0.1) is 24.5 Å². The van der Waals surface area contributed by atoms with Gasteiger partial charge in [0, 0.05) is 13.1 Å². The summed E-state index contributed by atoms with van der Waals surface area (Å²) in [6.07, 6.45) is 2.66. The van der Waals surface area contributed by atoms with Crippen LogP contribution in [0.4, 0.5) is 5.69 Å². The number of piperidine rings is 1. The Hall–Kier alpha value is -2.38. The third-order valence-corrected chi connectivity index (χ3v) is 7.15. The van der Waals surface area contributed by atoms with Gasteiger partial charge in [0.15, 0.2) is 0 Å². The van der Waals surface area contributed by atoms with Gasteiger partial charge in [-0.1, -0.05) is 42.5 Å². The molecule has 29 heavy (non-hydrogen) atoms. The van der Waals surface area contributed by atoms with Crippen molar-refractivity contribution in [2.24, 2.45) is 5.92 Å². The predicted octanol–water partition coefficient (Wildman–Crippen LogP) is 3.31. The predicted molar refractivity (Wildman–Crippen MR) is 114 cm³/mol. The molecule has 1 heterocycles. The summed E-state index contributed by atoms with van der Waals surface area (Å²) in [6.45, 7) is 0.709. The molecule has 1 amide bonds. The Morgan fingerprint density at radius 3 is 2.62 bits per heavy atom. The van der Waals surface area contributed by atoms with Crippen LogP contribution in [0.3, 0.4) is 0 Å². The van der Waals surface area contributed by atoms with Crippen molar-refractivity contribution in [2.75, 3.05) is 31.3 Å². The summed E-state index contributed by atoms with van der Waals surface area (Å²) >= 11 is 0. The van der Waals surface area contributed by atoms with Gasteiger partial charge >= 0.3 is 0 Å². The average molecular weight is 417 g/mol. The van der Waals surface area contributed by atoms with Gasteiger partial charge in [-0.15, -0.1) is 0 Å². The molecule has 0 aliphatic carbocycles. The number of ether oxygens (including phenoxy) is 1. The van der Waals surface area contributed by atoms with E-state index in [4.69, 9.17) is 4.74 Å². The largest absolute Gasteiger partial charge is 0.495 e. The Labute approximate surface area is 172 Å². The van der Waals surface area contributed by atoms with Gasteiger partial charge in [-0.2, -0.15) is 0 Å². The highest BCUT2D eigenvalue weighted by Gasteiger charge is 2.32. The zero-order valence-electron chi connectivity index (χ0n) is 16.7. The van der Waals surface area contributed by atoms with Crippen LogP contribution in [0.5, 0.6) is 5.75 Å². The van der Waals surface area contributed by atoms with Crippen molar-refractivity contribution >= 4 is 21.6 Å². The molecule has 1 fully saturated rings. The van der Waals surface area contributed by atoms with E-state index in [1.54, 1.807) is 19.2 Å². The maximum Gasteiger partial charge on any atom is 0.228 e. The number of carbonyl (C=O) groups is 1. The number of hydrogen-bond donors (Lipinski definition) is 1. The number of aryl methyl sites for hydroxylation is 1. The van der Waals surface area contributed by atoms with Crippen molar-refractivity contribution in [1.82, 2.24) is 4.31 Å². The van der Waals surface area contributed by atoms with Crippen molar-refractivity contribution < 1.29 is 17.9 Å². The summed E-state index contributed by atoms with van der Waals surface area (Å²) in [5.41, 5.74) is 1.73. The van der Waals surface area contributed by atoms with E-state index in [0.29, 0.717) is 37.2 Å². The molecule has 0 saturated carbocycles. The third kappa shape index (κ3) is 5.81. The summed E-state index contributed by atoms with van der Waals surface area (Å²) in [5.74, 6) is 0.154. The molecule has 0 unspecified atom stereocenters. The second-order valence-corrected chi connectivity index (χ2v) is 9.38. The maximum absolute atomic E-state index is 12.8. The minimum atomic E-state index is -3.38. The summed E-state index contributed by atoms with van der Waals surface area (Å²) in [4.78, 5) is 12.7. The SMILES string of the molecule is COc1ccccc1NC(=O)[C@@H]1CCCN(S(=O)(=O)CCCc2ccccc2)C1. The van der Waals surface area contributed by atoms with Crippen LogP contribution in [-0.4, -0.2) is 44.6 Å². The van der Waals surface area contributed by atoms with Crippen molar-refractivity contribution in [1.29, 1.82) is 0 Å². The van der Waals surface area contributed by atoms with Crippen LogP contribution >= 0.6 is 0 Å². The first-order valence-electron chi connectivity index (χ1n) is 9.95. The molecule has 1 atom stereocenters. The minimum absolute atomic E-state index is 0.0999. The van der Waals surface area contributed by atoms with E-state index >= 15 is 0 Å². The van der Waals surface area contributed by atoms with Gasteiger partial charge in [0.1, 0.15) is 5.75 Å². The third-order valence-electron chi connectivity index (χ3n) is 5.22. The molecule has 2 aromatic carbocycles. The van der Waals surface area contributed by atoms with Gasteiger partial charge in [-0.25, -0.2) is 12.7 Å². The number of sulfonamides is 1.